The van der Waals surface area contributed by atoms with E-state index in [0.717, 1.165) is 41.5 Å². The van der Waals surface area contributed by atoms with Gasteiger partial charge in [-0.15, -0.1) is 0 Å². The maximum absolute atomic E-state index is 14.5. The van der Waals surface area contributed by atoms with E-state index in [1.165, 1.54) is 0 Å². The molecule has 3 amide bonds. The van der Waals surface area contributed by atoms with E-state index in [-0.39, 0.29) is 30.0 Å². The molecule has 2 rings (SSSR count). The van der Waals surface area contributed by atoms with Crippen molar-refractivity contribution in [3.05, 3.63) is 64.7 Å². The summed E-state index contributed by atoms with van der Waals surface area (Å²) in [6.45, 7) is 15.5. The lowest BCUT2D eigenvalue weighted by atomic mass is 9.97. The Kier molecular flexibility index (Phi) is 12.7. The van der Waals surface area contributed by atoms with E-state index in [0.29, 0.717) is 13.0 Å². The largest absolute Gasteiger partial charge is 0.508 e. The fourth-order valence-electron chi connectivity index (χ4n) is 4.80. The van der Waals surface area contributed by atoms with Crippen molar-refractivity contribution in [3.8, 4) is 5.75 Å². The van der Waals surface area contributed by atoms with Crippen LogP contribution in [0.1, 0.15) is 95.5 Å². The third kappa shape index (κ3) is 11.5. The van der Waals surface area contributed by atoms with Gasteiger partial charge in [-0.25, -0.2) is 4.79 Å². The Morgan fingerprint density at radius 2 is 1.54 bits per heavy atom. The minimum atomic E-state index is -0.999. The molecule has 0 saturated carbocycles. The lowest BCUT2D eigenvalue weighted by Gasteiger charge is -2.35. The van der Waals surface area contributed by atoms with Crippen LogP contribution in [0.3, 0.4) is 0 Å². The minimum Gasteiger partial charge on any atom is -0.508 e. The van der Waals surface area contributed by atoms with Crippen LogP contribution in [-0.2, 0) is 20.7 Å². The molecule has 8 heteroatoms. The fraction of sp³-hybridized carbons (Fsp3) is 0.545. The van der Waals surface area contributed by atoms with E-state index in [1.54, 1.807) is 49.9 Å². The van der Waals surface area contributed by atoms with Crippen LogP contribution < -0.4 is 10.6 Å². The molecule has 2 atom stereocenters. The molecule has 0 aliphatic heterocycles. The summed E-state index contributed by atoms with van der Waals surface area (Å²) < 4.78 is 5.50. The number of hydrogen-bond acceptors (Lipinski definition) is 5. The topological polar surface area (TPSA) is 108 Å². The van der Waals surface area contributed by atoms with Crippen LogP contribution in [0.25, 0.3) is 0 Å². The van der Waals surface area contributed by atoms with Crippen LogP contribution in [0.5, 0.6) is 5.75 Å². The van der Waals surface area contributed by atoms with Gasteiger partial charge in [-0.2, -0.15) is 0 Å². The molecule has 2 unspecified atom stereocenters. The van der Waals surface area contributed by atoms with Crippen molar-refractivity contribution in [3.63, 3.8) is 0 Å². The Balaban J connectivity index is 2.60. The Bertz CT molecular complexity index is 1130. The molecule has 0 heterocycles. The fourth-order valence-corrected chi connectivity index (χ4v) is 4.80. The highest BCUT2D eigenvalue weighted by Crippen LogP contribution is 2.27. The van der Waals surface area contributed by atoms with Crippen molar-refractivity contribution in [2.45, 2.75) is 111 Å². The van der Waals surface area contributed by atoms with Crippen LogP contribution in [-0.4, -0.2) is 52.1 Å². The first-order valence-electron chi connectivity index (χ1n) is 14.7. The summed E-state index contributed by atoms with van der Waals surface area (Å²) in [5.74, 6) is -0.535. The predicted molar refractivity (Wildman–Crippen MR) is 163 cm³/mol. The number of aromatic hydroxyl groups is 1. The molecular weight excluding hydrogens is 518 g/mol. The highest BCUT2D eigenvalue weighted by Gasteiger charge is 2.36. The molecule has 2 aromatic carbocycles. The van der Waals surface area contributed by atoms with Crippen LogP contribution in [0.15, 0.2) is 42.5 Å². The van der Waals surface area contributed by atoms with Crippen molar-refractivity contribution < 1.29 is 24.2 Å². The van der Waals surface area contributed by atoms with E-state index in [1.807, 2.05) is 45.9 Å². The van der Waals surface area contributed by atoms with Crippen molar-refractivity contribution in [2.24, 2.45) is 0 Å². The summed E-state index contributed by atoms with van der Waals surface area (Å²) in [6, 6.07) is 10.4. The molecule has 8 nitrogen and oxygen atoms in total. The normalized spacial score (nSPS) is 12.9. The molecule has 0 fully saturated rings. The molecule has 2 aromatic rings. The maximum Gasteiger partial charge on any atom is 0.408 e. The van der Waals surface area contributed by atoms with Gasteiger partial charge in [0.1, 0.15) is 23.4 Å². The summed E-state index contributed by atoms with van der Waals surface area (Å²) in [5.41, 5.74) is 2.71. The molecule has 0 radical (unpaired) electrons. The maximum atomic E-state index is 14.5. The smallest absolute Gasteiger partial charge is 0.408 e. The average Bonchev–Trinajstić information content (AvgIpc) is 2.84. The van der Waals surface area contributed by atoms with Gasteiger partial charge >= 0.3 is 6.09 Å². The number of carbonyl (C=O) groups excluding carboxylic acids is 3. The number of ether oxygens (including phenoxy) is 1. The highest BCUT2D eigenvalue weighted by atomic mass is 16.6. The van der Waals surface area contributed by atoms with Gasteiger partial charge in [0.2, 0.25) is 11.8 Å². The quantitative estimate of drug-likeness (QED) is 0.253. The molecule has 0 bridgehead atoms. The molecule has 41 heavy (non-hydrogen) atoms. The van der Waals surface area contributed by atoms with Gasteiger partial charge in [0, 0.05) is 19.0 Å². The summed E-state index contributed by atoms with van der Waals surface area (Å²) in [7, 11) is 0. The van der Waals surface area contributed by atoms with Gasteiger partial charge in [0.25, 0.3) is 0 Å². The standard InChI is InChI=1S/C33H49N3O5/c1-9-10-11-12-17-36(29(30(38)34-22(2)3)26-19-23(4)18-24(5)20-26)31(39)28(35-32(40)41-33(6,7)8)21-25-13-15-27(37)16-14-25/h13-16,18-20,22,28-29,37H,9-12,17,21H2,1-8H3,(H,34,38)(H,35,40). The Labute approximate surface area is 245 Å². The number of benzene rings is 2. The number of hydrogen-bond donors (Lipinski definition) is 3. The highest BCUT2D eigenvalue weighted by molar-refractivity contribution is 5.92. The summed E-state index contributed by atoms with van der Waals surface area (Å²) >= 11 is 0. The lowest BCUT2D eigenvalue weighted by molar-refractivity contribution is -0.142. The predicted octanol–water partition coefficient (Wildman–Crippen LogP) is 6.12. The monoisotopic (exact) mass is 567 g/mol. The number of unbranched alkanes of at least 4 members (excludes halogenated alkanes) is 3. The molecule has 226 valence electrons. The molecule has 0 aliphatic carbocycles. The lowest BCUT2D eigenvalue weighted by Crippen LogP contribution is -2.54. The van der Waals surface area contributed by atoms with E-state index in [2.05, 4.69) is 17.6 Å². The first-order chi connectivity index (χ1) is 19.2. The third-order valence-corrected chi connectivity index (χ3v) is 6.45. The zero-order valence-corrected chi connectivity index (χ0v) is 26.0. The van der Waals surface area contributed by atoms with Crippen LogP contribution in [0, 0.1) is 13.8 Å². The number of nitrogens with one attached hydrogen (secondary N) is 2. The van der Waals surface area contributed by atoms with Gasteiger partial charge in [0.15, 0.2) is 0 Å². The van der Waals surface area contributed by atoms with Crippen LogP contribution in [0.2, 0.25) is 0 Å². The second-order valence-corrected chi connectivity index (χ2v) is 12.1. The first-order valence-corrected chi connectivity index (χ1v) is 14.7. The molecule has 0 saturated heterocycles. The number of rotatable bonds is 13. The number of nitrogens with zero attached hydrogens (tertiary/aromatic N) is 1. The summed E-state index contributed by atoms with van der Waals surface area (Å²) in [5, 5.41) is 15.6. The molecule has 0 spiro atoms. The number of aryl methyl sites for hydroxylation is 2. The zero-order chi connectivity index (χ0) is 30.7. The van der Waals surface area contributed by atoms with Gasteiger partial charge in [-0.3, -0.25) is 9.59 Å². The first kappa shape index (κ1) is 33.7. The van der Waals surface area contributed by atoms with Gasteiger partial charge < -0.3 is 25.4 Å². The Morgan fingerprint density at radius 1 is 0.927 bits per heavy atom. The van der Waals surface area contributed by atoms with E-state index in [4.69, 9.17) is 4.74 Å². The number of amides is 3. The van der Waals surface area contributed by atoms with Crippen molar-refractivity contribution >= 4 is 17.9 Å². The van der Waals surface area contributed by atoms with E-state index < -0.39 is 23.8 Å². The average molecular weight is 568 g/mol. The van der Waals surface area contributed by atoms with Crippen molar-refractivity contribution in [1.82, 2.24) is 15.5 Å². The molecular formula is C33H49N3O5. The van der Waals surface area contributed by atoms with E-state index >= 15 is 0 Å². The number of phenolic OH excluding ortho intramolecular Hbond substituents is 1. The van der Waals surface area contributed by atoms with Crippen LogP contribution >= 0.6 is 0 Å². The number of phenols is 1. The van der Waals surface area contributed by atoms with Crippen molar-refractivity contribution in [2.75, 3.05) is 6.54 Å². The molecule has 0 aliphatic rings. The second kappa shape index (κ2) is 15.5. The van der Waals surface area contributed by atoms with Gasteiger partial charge in [-0.05, 0) is 78.1 Å². The van der Waals surface area contributed by atoms with Crippen LogP contribution in [0.4, 0.5) is 4.79 Å². The van der Waals surface area contributed by atoms with Gasteiger partial charge in [-0.1, -0.05) is 67.6 Å². The summed E-state index contributed by atoms with van der Waals surface area (Å²) in [4.78, 5) is 42.8. The SMILES string of the molecule is CCCCCCN(C(=O)C(Cc1ccc(O)cc1)NC(=O)OC(C)(C)C)C(C(=O)NC(C)C)c1cc(C)cc(C)c1. The number of alkyl carbamates (subject to hydrolysis) is 1. The van der Waals surface area contributed by atoms with Gasteiger partial charge in [0.05, 0.1) is 0 Å². The Morgan fingerprint density at radius 3 is 2.07 bits per heavy atom. The van der Waals surface area contributed by atoms with E-state index in [9.17, 15) is 19.5 Å². The molecule has 3 N–H and O–H groups in total. The minimum absolute atomic E-state index is 0.106. The third-order valence-electron chi connectivity index (χ3n) is 6.45. The Hall–Kier alpha value is -3.55. The zero-order valence-electron chi connectivity index (χ0n) is 26.0. The number of carbonyl (C=O) groups is 3. The summed E-state index contributed by atoms with van der Waals surface area (Å²) in [6.07, 6.45) is 3.13. The van der Waals surface area contributed by atoms with Crippen molar-refractivity contribution in [1.29, 1.82) is 0 Å². The second-order valence-electron chi connectivity index (χ2n) is 12.1. The molecule has 0 aromatic heterocycles.